The van der Waals surface area contributed by atoms with E-state index in [1.54, 1.807) is 38.1 Å². The summed E-state index contributed by atoms with van der Waals surface area (Å²) in [5.41, 5.74) is 6.09. The van der Waals surface area contributed by atoms with Gasteiger partial charge < -0.3 is 19.5 Å². The van der Waals surface area contributed by atoms with E-state index < -0.39 is 10.1 Å². The number of hydrogen-bond acceptors (Lipinski definition) is 6. The number of benzene rings is 1. The number of fused-ring (bicyclic) bond motifs is 1. The second kappa shape index (κ2) is 9.58. The van der Waals surface area contributed by atoms with Gasteiger partial charge in [0, 0.05) is 35.4 Å². The minimum Gasteiger partial charge on any atom is -0.461 e. The number of carbonyl (C=O) groups excluding carboxylic acids is 1. The summed E-state index contributed by atoms with van der Waals surface area (Å²) in [6.45, 7) is 4.16. The summed E-state index contributed by atoms with van der Waals surface area (Å²) >= 11 is 0.937. The van der Waals surface area contributed by atoms with Gasteiger partial charge in [-0.1, -0.05) is 6.08 Å². The number of ether oxygens (including phenoxy) is 2. The minimum absolute atomic E-state index is 0.0908. The molecule has 0 radical (unpaired) electrons. The molecule has 164 valence electrons. The number of aromatic nitrogens is 1. The predicted molar refractivity (Wildman–Crippen MR) is 124 cm³/mol. The van der Waals surface area contributed by atoms with E-state index in [9.17, 15) is 13.6 Å². The van der Waals surface area contributed by atoms with Crippen molar-refractivity contribution in [2.24, 2.45) is 17.1 Å². The van der Waals surface area contributed by atoms with Gasteiger partial charge in [-0.25, -0.2) is 9.79 Å². The molecule has 0 saturated heterocycles. The maximum absolute atomic E-state index is 13.1. The Labute approximate surface area is 191 Å². The number of nitrogens with one attached hydrogen (secondary N) is 1. The highest BCUT2D eigenvalue weighted by atomic mass is 127. The first-order valence-electron chi connectivity index (χ1n) is 9.46. The Kier molecular flexibility index (Phi) is 7.08. The van der Waals surface area contributed by atoms with Gasteiger partial charge in [-0.05, 0) is 44.2 Å². The number of carbonyl (C=O) groups is 1. The molecule has 1 aromatic carbocycles. The molecule has 0 spiro atoms. The molecule has 0 unspecified atom stereocenters. The van der Waals surface area contributed by atoms with Gasteiger partial charge in [-0.2, -0.15) is 13.9 Å². The van der Waals surface area contributed by atoms with Crippen LogP contribution < -0.4 is 10.2 Å². The molecule has 0 saturated carbocycles. The van der Waals surface area contributed by atoms with Crippen LogP contribution in [0.4, 0.5) is 8.78 Å². The van der Waals surface area contributed by atoms with Crippen molar-refractivity contribution >= 4 is 50.9 Å². The molecular formula is C21H21F2IN4O3. The number of nitrogens with zero attached hydrogens (tertiary/aromatic N) is 3. The van der Waals surface area contributed by atoms with E-state index in [0.29, 0.717) is 17.8 Å². The van der Waals surface area contributed by atoms with Crippen molar-refractivity contribution in [3.63, 3.8) is 0 Å². The van der Waals surface area contributed by atoms with Gasteiger partial charge >= 0.3 is 10.1 Å². The molecule has 10 heteroatoms. The lowest BCUT2D eigenvalue weighted by Crippen LogP contribution is -2.26. The number of aliphatic imine (C=N–C) groups is 1. The molecule has 1 N–H and O–H groups in total. The lowest BCUT2D eigenvalue weighted by atomic mass is 10.0. The second-order valence-corrected chi connectivity index (χ2v) is 7.77. The maximum Gasteiger partial charge on any atom is 0.451 e. The van der Waals surface area contributed by atoms with Crippen molar-refractivity contribution in [2.75, 3.05) is 6.61 Å². The third-order valence-electron chi connectivity index (χ3n) is 4.53. The van der Waals surface area contributed by atoms with Gasteiger partial charge in [-0.3, -0.25) is 0 Å². The second-order valence-electron chi connectivity index (χ2n) is 6.51. The van der Waals surface area contributed by atoms with Gasteiger partial charge in [-0.15, -0.1) is 0 Å². The highest BCUT2D eigenvalue weighted by Gasteiger charge is 2.26. The lowest BCUT2D eigenvalue weighted by Gasteiger charge is -2.13. The Morgan fingerprint density at radius 3 is 2.84 bits per heavy atom. The van der Waals surface area contributed by atoms with E-state index in [-0.39, 0.29) is 18.1 Å². The van der Waals surface area contributed by atoms with Crippen molar-refractivity contribution < 1.29 is 23.0 Å². The molecule has 1 aliphatic heterocycles. The molecular weight excluding hydrogens is 521 g/mol. The number of allylic oxidation sites excluding steroid dienone is 2. The van der Waals surface area contributed by atoms with E-state index >= 15 is 0 Å². The Hall–Kier alpha value is -2.76. The molecule has 3 rings (SSSR count). The third kappa shape index (κ3) is 5.49. The first kappa shape index (κ1) is 22.9. The molecule has 0 amide bonds. The van der Waals surface area contributed by atoms with Crippen LogP contribution in [0, 0.1) is 0 Å². The highest BCUT2D eigenvalue weighted by Crippen LogP contribution is 2.30. The summed E-state index contributed by atoms with van der Waals surface area (Å²) in [6, 6.07) is 6.68. The number of hydrogen-bond donors (Lipinski definition) is 1. The van der Waals surface area contributed by atoms with Gasteiger partial charge in [0.2, 0.25) is 0 Å². The Morgan fingerprint density at radius 2 is 2.16 bits per heavy atom. The molecule has 0 aliphatic carbocycles. The first-order chi connectivity index (χ1) is 14.7. The summed E-state index contributed by atoms with van der Waals surface area (Å²) in [5.74, 6) is -0.412. The van der Waals surface area contributed by atoms with Crippen LogP contribution in [0.1, 0.15) is 19.5 Å². The van der Waals surface area contributed by atoms with E-state index in [1.807, 2.05) is 17.7 Å². The molecule has 31 heavy (non-hydrogen) atoms. The van der Waals surface area contributed by atoms with Crippen LogP contribution in [0.25, 0.3) is 10.9 Å². The van der Waals surface area contributed by atoms with E-state index in [2.05, 4.69) is 20.3 Å². The van der Waals surface area contributed by atoms with Crippen molar-refractivity contribution in [2.45, 2.75) is 24.5 Å². The average Bonchev–Trinajstić information content (AvgIpc) is 3.01. The number of halogens is 3. The van der Waals surface area contributed by atoms with Crippen molar-refractivity contribution in [1.82, 2.24) is 9.99 Å². The van der Waals surface area contributed by atoms with E-state index in [4.69, 9.17) is 4.74 Å². The lowest BCUT2D eigenvalue weighted by molar-refractivity contribution is -0.134. The fourth-order valence-electron chi connectivity index (χ4n) is 3.16. The van der Waals surface area contributed by atoms with Crippen LogP contribution in [0.2, 0.25) is 0 Å². The molecule has 7 nitrogen and oxygen atoms in total. The zero-order valence-electron chi connectivity index (χ0n) is 17.2. The smallest absolute Gasteiger partial charge is 0.451 e. The number of alkyl halides is 3. The molecule has 0 bridgehead atoms. The van der Waals surface area contributed by atoms with Crippen LogP contribution in [-0.4, -0.2) is 32.7 Å². The molecule has 2 aromatic rings. The van der Waals surface area contributed by atoms with Crippen molar-refractivity contribution in [1.29, 1.82) is 0 Å². The fraction of sp³-hybridized carbons (Fsp3) is 0.286. The summed E-state index contributed by atoms with van der Waals surface area (Å²) in [6.07, 6.45) is 4.95. The van der Waals surface area contributed by atoms with Crippen LogP contribution in [0.3, 0.4) is 0 Å². The molecule has 1 aliphatic rings. The molecule has 1 aromatic heterocycles. The van der Waals surface area contributed by atoms with Gasteiger partial charge in [0.05, 0.1) is 41.5 Å². The summed E-state index contributed by atoms with van der Waals surface area (Å²) in [5, 5.41) is 5.16. The summed E-state index contributed by atoms with van der Waals surface area (Å²) < 4.78 is 34.6. The van der Waals surface area contributed by atoms with Gasteiger partial charge in [0.15, 0.2) is 5.71 Å². The summed E-state index contributed by atoms with van der Waals surface area (Å²) in [4.78, 5) is 16.2. The largest absolute Gasteiger partial charge is 0.461 e. The number of rotatable bonds is 7. The van der Waals surface area contributed by atoms with Gasteiger partial charge in [0.1, 0.15) is 5.75 Å². The van der Waals surface area contributed by atoms with E-state index in [0.717, 1.165) is 39.2 Å². The Bertz CT molecular complexity index is 1110. The third-order valence-corrected chi connectivity index (χ3v) is 4.75. The minimum atomic E-state index is -3.27. The van der Waals surface area contributed by atoms with Crippen LogP contribution in [-0.2, 0) is 23.1 Å². The topological polar surface area (TPSA) is 77.2 Å². The van der Waals surface area contributed by atoms with Crippen molar-refractivity contribution in [3.8, 4) is 5.75 Å². The quantitative estimate of drug-likeness (QED) is 0.243. The zero-order chi connectivity index (χ0) is 22.6. The monoisotopic (exact) mass is 542 g/mol. The van der Waals surface area contributed by atoms with Crippen LogP contribution in [0.5, 0.6) is 5.75 Å². The number of aryl methyl sites for hydroxylation is 1. The predicted octanol–water partition coefficient (Wildman–Crippen LogP) is 4.47. The molecule has 0 fully saturated rings. The highest BCUT2D eigenvalue weighted by molar-refractivity contribution is 14.1. The zero-order valence-corrected chi connectivity index (χ0v) is 19.3. The average molecular weight is 542 g/mol. The van der Waals surface area contributed by atoms with Crippen molar-refractivity contribution in [3.05, 3.63) is 53.9 Å². The molecule has 0 atom stereocenters. The van der Waals surface area contributed by atoms with Crippen LogP contribution in [0.15, 0.2) is 58.3 Å². The Balaban J connectivity index is 1.76. The first-order valence-corrected chi connectivity index (χ1v) is 10.5. The van der Waals surface area contributed by atoms with Crippen LogP contribution >= 0.6 is 22.6 Å². The fourth-order valence-corrected chi connectivity index (χ4v) is 3.42. The van der Waals surface area contributed by atoms with E-state index in [1.165, 1.54) is 12.3 Å². The SMILES string of the molecule is C/C=C1/C(C(=O)OCC)=NC=C/C1=N/NCc1cc2cc(OC(F)(F)I)ccc2n1C. The Morgan fingerprint density at radius 1 is 1.39 bits per heavy atom. The normalized spacial score (nSPS) is 16.6. The number of hydrazone groups is 1. The van der Waals surface area contributed by atoms with Gasteiger partial charge in [0.25, 0.3) is 0 Å². The summed E-state index contributed by atoms with van der Waals surface area (Å²) in [7, 11) is 1.88. The standard InChI is InChI=1S/C21H21F2IN4O3/c1-4-16-17(8-9-25-19(16)20(29)30-5-2)27-26-12-14-10-13-11-15(31-21(22,23)24)6-7-18(13)28(14)3/h4,6-11,26H,5,12H2,1-3H3/b16-4+,27-17-. The maximum atomic E-state index is 13.1. The number of esters is 1. The molecule has 2 heterocycles.